The van der Waals surface area contributed by atoms with E-state index in [1.165, 1.54) is 0 Å². The van der Waals surface area contributed by atoms with E-state index in [9.17, 15) is 4.79 Å². The van der Waals surface area contributed by atoms with Gasteiger partial charge in [0.2, 0.25) is 0 Å². The van der Waals surface area contributed by atoms with E-state index in [4.69, 9.17) is 15.2 Å². The molecule has 104 valence electrons. The Balaban J connectivity index is 2.39. The van der Waals surface area contributed by atoms with Crippen molar-refractivity contribution in [3.63, 3.8) is 0 Å². The summed E-state index contributed by atoms with van der Waals surface area (Å²) in [6, 6.07) is 12.1. The number of carbonyl (C=O) groups excluding carboxylic acids is 1. The normalized spacial score (nSPS) is 10.1. The fraction of sp³-hybridized carbons (Fsp3) is 0.188. The zero-order valence-corrected chi connectivity index (χ0v) is 11.6. The van der Waals surface area contributed by atoms with Gasteiger partial charge in [0, 0.05) is 5.56 Å². The number of hydrogen-bond acceptors (Lipinski definition) is 4. The average Bonchev–Trinajstić information content (AvgIpc) is 2.49. The number of methoxy groups -OCH3 is 1. The molecule has 0 unspecified atom stereocenters. The molecule has 0 saturated carbocycles. The van der Waals surface area contributed by atoms with Gasteiger partial charge in [0.25, 0.3) is 0 Å². The van der Waals surface area contributed by atoms with Crippen molar-refractivity contribution in [1.29, 1.82) is 0 Å². The van der Waals surface area contributed by atoms with Gasteiger partial charge < -0.3 is 15.2 Å². The van der Waals surface area contributed by atoms with E-state index in [2.05, 4.69) is 0 Å². The Bertz CT molecular complexity index is 606. The van der Waals surface area contributed by atoms with Crippen LogP contribution in [-0.2, 0) is 0 Å². The smallest absolute Gasteiger partial charge is 0.196 e. The minimum Gasteiger partial charge on any atom is -0.497 e. The van der Waals surface area contributed by atoms with Crippen LogP contribution in [0.5, 0.6) is 11.5 Å². The summed E-state index contributed by atoms with van der Waals surface area (Å²) in [6.45, 7) is 2.31. The van der Waals surface area contributed by atoms with Crippen LogP contribution in [0.15, 0.2) is 42.5 Å². The lowest BCUT2D eigenvalue weighted by atomic mass is 10.0. The van der Waals surface area contributed by atoms with Crippen molar-refractivity contribution >= 4 is 11.5 Å². The number of hydrogen-bond donors (Lipinski definition) is 1. The zero-order chi connectivity index (χ0) is 14.5. The number of anilines is 1. The maximum Gasteiger partial charge on any atom is 0.196 e. The van der Waals surface area contributed by atoms with Crippen molar-refractivity contribution in [3.8, 4) is 11.5 Å². The van der Waals surface area contributed by atoms with Gasteiger partial charge in [0.05, 0.1) is 25.0 Å². The molecular formula is C16H17NO3. The van der Waals surface area contributed by atoms with Gasteiger partial charge >= 0.3 is 0 Å². The SMILES string of the molecule is CCOc1c(N)cccc1C(=O)c1ccc(OC)cc1. The molecule has 0 atom stereocenters. The lowest BCUT2D eigenvalue weighted by molar-refractivity contribution is 0.103. The van der Waals surface area contributed by atoms with Crippen molar-refractivity contribution < 1.29 is 14.3 Å². The predicted octanol–water partition coefficient (Wildman–Crippen LogP) is 2.91. The Morgan fingerprint density at radius 2 is 1.85 bits per heavy atom. The standard InChI is InChI=1S/C16H17NO3/c1-3-20-16-13(5-4-6-14(16)17)15(18)11-7-9-12(19-2)10-8-11/h4-10H,3,17H2,1-2H3. The van der Waals surface area contributed by atoms with Gasteiger partial charge in [0.15, 0.2) is 11.5 Å². The number of carbonyl (C=O) groups is 1. The fourth-order valence-electron chi connectivity index (χ4n) is 1.94. The molecule has 0 spiro atoms. The summed E-state index contributed by atoms with van der Waals surface area (Å²) in [5, 5.41) is 0. The molecule has 0 amide bonds. The molecule has 20 heavy (non-hydrogen) atoms. The van der Waals surface area contributed by atoms with Crippen molar-refractivity contribution in [2.24, 2.45) is 0 Å². The van der Waals surface area contributed by atoms with Crippen molar-refractivity contribution in [1.82, 2.24) is 0 Å². The van der Waals surface area contributed by atoms with E-state index in [0.717, 1.165) is 0 Å². The number of nitrogen functional groups attached to an aromatic ring is 1. The van der Waals surface area contributed by atoms with Gasteiger partial charge in [-0.05, 0) is 43.3 Å². The van der Waals surface area contributed by atoms with Crippen LogP contribution in [-0.4, -0.2) is 19.5 Å². The molecule has 0 saturated heterocycles. The van der Waals surface area contributed by atoms with E-state index in [-0.39, 0.29) is 5.78 Å². The molecular weight excluding hydrogens is 254 g/mol. The molecule has 0 aromatic heterocycles. The second-order valence-electron chi connectivity index (χ2n) is 4.21. The molecule has 0 radical (unpaired) electrons. The quantitative estimate of drug-likeness (QED) is 0.671. The summed E-state index contributed by atoms with van der Waals surface area (Å²) in [7, 11) is 1.59. The highest BCUT2D eigenvalue weighted by atomic mass is 16.5. The summed E-state index contributed by atoms with van der Waals surface area (Å²) in [5.74, 6) is 1.03. The summed E-state index contributed by atoms with van der Waals surface area (Å²) < 4.78 is 10.6. The molecule has 2 aromatic rings. The van der Waals surface area contributed by atoms with E-state index in [1.54, 1.807) is 49.6 Å². The first kappa shape index (κ1) is 13.9. The third-order valence-electron chi connectivity index (χ3n) is 2.93. The summed E-state index contributed by atoms with van der Waals surface area (Å²) in [5.41, 5.74) is 7.37. The number of nitrogens with two attached hydrogens (primary N) is 1. The first-order chi connectivity index (χ1) is 9.67. The van der Waals surface area contributed by atoms with E-state index in [1.807, 2.05) is 6.92 Å². The largest absolute Gasteiger partial charge is 0.497 e. The summed E-state index contributed by atoms with van der Waals surface area (Å²) in [6.07, 6.45) is 0. The van der Waals surface area contributed by atoms with Gasteiger partial charge in [0.1, 0.15) is 5.75 Å². The molecule has 4 nitrogen and oxygen atoms in total. The summed E-state index contributed by atoms with van der Waals surface area (Å²) in [4.78, 5) is 12.5. The van der Waals surface area contributed by atoms with Crippen LogP contribution < -0.4 is 15.2 Å². The van der Waals surface area contributed by atoms with Crippen LogP contribution in [0.4, 0.5) is 5.69 Å². The molecule has 2 rings (SSSR count). The maximum atomic E-state index is 12.5. The molecule has 2 aromatic carbocycles. The van der Waals surface area contributed by atoms with Gasteiger partial charge in [-0.25, -0.2) is 0 Å². The second kappa shape index (κ2) is 6.10. The van der Waals surface area contributed by atoms with Crippen LogP contribution in [0.3, 0.4) is 0 Å². The van der Waals surface area contributed by atoms with Crippen LogP contribution >= 0.6 is 0 Å². The van der Waals surface area contributed by atoms with Gasteiger partial charge in [-0.15, -0.1) is 0 Å². The van der Waals surface area contributed by atoms with E-state index < -0.39 is 0 Å². The molecule has 0 aliphatic carbocycles. The Kier molecular flexibility index (Phi) is 4.25. The number of ketones is 1. The van der Waals surface area contributed by atoms with Crippen LogP contribution in [0, 0.1) is 0 Å². The van der Waals surface area contributed by atoms with Crippen LogP contribution in [0.1, 0.15) is 22.8 Å². The van der Waals surface area contributed by atoms with Gasteiger partial charge in [-0.1, -0.05) is 6.07 Å². The number of ether oxygens (including phenoxy) is 2. The van der Waals surface area contributed by atoms with Gasteiger partial charge in [-0.2, -0.15) is 0 Å². The highest BCUT2D eigenvalue weighted by Gasteiger charge is 2.16. The van der Waals surface area contributed by atoms with Crippen molar-refractivity contribution in [3.05, 3.63) is 53.6 Å². The monoisotopic (exact) mass is 271 g/mol. The second-order valence-corrected chi connectivity index (χ2v) is 4.21. The number of rotatable bonds is 5. The minimum absolute atomic E-state index is 0.122. The Morgan fingerprint density at radius 1 is 1.15 bits per heavy atom. The van der Waals surface area contributed by atoms with Crippen molar-refractivity contribution in [2.75, 3.05) is 19.5 Å². The molecule has 0 aliphatic rings. The summed E-state index contributed by atoms with van der Waals surface area (Å²) >= 11 is 0. The number of para-hydroxylation sites is 1. The van der Waals surface area contributed by atoms with E-state index >= 15 is 0 Å². The van der Waals surface area contributed by atoms with E-state index in [0.29, 0.717) is 34.9 Å². The topological polar surface area (TPSA) is 61.5 Å². The lowest BCUT2D eigenvalue weighted by Crippen LogP contribution is -2.07. The predicted molar refractivity (Wildman–Crippen MR) is 78.4 cm³/mol. The first-order valence-electron chi connectivity index (χ1n) is 6.37. The maximum absolute atomic E-state index is 12.5. The highest BCUT2D eigenvalue weighted by molar-refractivity contribution is 6.11. The average molecular weight is 271 g/mol. The highest BCUT2D eigenvalue weighted by Crippen LogP contribution is 2.28. The Morgan fingerprint density at radius 3 is 2.45 bits per heavy atom. The first-order valence-corrected chi connectivity index (χ1v) is 6.37. The zero-order valence-electron chi connectivity index (χ0n) is 11.6. The van der Waals surface area contributed by atoms with Crippen LogP contribution in [0.25, 0.3) is 0 Å². The molecule has 4 heteroatoms. The third kappa shape index (κ3) is 2.74. The molecule has 0 heterocycles. The lowest BCUT2D eigenvalue weighted by Gasteiger charge is -2.12. The third-order valence-corrected chi connectivity index (χ3v) is 2.93. The van der Waals surface area contributed by atoms with Crippen molar-refractivity contribution in [2.45, 2.75) is 6.92 Å². The molecule has 2 N–H and O–H groups in total. The molecule has 0 fully saturated rings. The molecule has 0 aliphatic heterocycles. The molecule has 0 bridgehead atoms. The Hall–Kier alpha value is -2.49. The number of benzene rings is 2. The van der Waals surface area contributed by atoms with Gasteiger partial charge in [-0.3, -0.25) is 4.79 Å². The minimum atomic E-state index is -0.122. The van der Waals surface area contributed by atoms with Crippen LogP contribution in [0.2, 0.25) is 0 Å². The fourth-order valence-corrected chi connectivity index (χ4v) is 1.94. The Labute approximate surface area is 118 Å².